The molecular formula is C16H20Cl2N4O. The van der Waals surface area contributed by atoms with Crippen molar-refractivity contribution in [1.82, 2.24) is 15.1 Å². The predicted molar refractivity (Wildman–Crippen MR) is 92.8 cm³/mol. The van der Waals surface area contributed by atoms with Crippen LogP contribution in [0.3, 0.4) is 0 Å². The molecule has 1 fully saturated rings. The summed E-state index contributed by atoms with van der Waals surface area (Å²) in [6.45, 7) is 3.54. The van der Waals surface area contributed by atoms with E-state index in [1.54, 1.807) is 16.8 Å². The summed E-state index contributed by atoms with van der Waals surface area (Å²) in [5.41, 5.74) is 7.85. The van der Waals surface area contributed by atoms with Gasteiger partial charge >= 0.3 is 0 Å². The SMILES string of the molecule is Cc1cc(OCCC2NCCC2N)nn1-c1ccc(Cl)c(Cl)c1. The Balaban J connectivity index is 1.64. The molecule has 2 unspecified atom stereocenters. The van der Waals surface area contributed by atoms with Crippen molar-refractivity contribution >= 4 is 23.2 Å². The first-order valence-corrected chi connectivity index (χ1v) is 8.44. The molecule has 0 bridgehead atoms. The zero-order valence-corrected chi connectivity index (χ0v) is 14.4. The molecule has 1 saturated heterocycles. The maximum Gasteiger partial charge on any atom is 0.233 e. The highest BCUT2D eigenvalue weighted by Crippen LogP contribution is 2.26. The molecule has 2 atom stereocenters. The minimum atomic E-state index is 0.217. The predicted octanol–water partition coefficient (Wildman–Crippen LogP) is 2.95. The molecule has 5 nitrogen and oxygen atoms in total. The third-order valence-corrected chi connectivity index (χ3v) is 4.83. The first-order chi connectivity index (χ1) is 11.0. The largest absolute Gasteiger partial charge is 0.477 e. The summed E-state index contributed by atoms with van der Waals surface area (Å²) in [4.78, 5) is 0. The smallest absolute Gasteiger partial charge is 0.233 e. The van der Waals surface area contributed by atoms with E-state index in [4.69, 9.17) is 33.7 Å². The molecule has 1 aromatic heterocycles. The van der Waals surface area contributed by atoms with Gasteiger partial charge in [0.2, 0.25) is 5.88 Å². The highest BCUT2D eigenvalue weighted by molar-refractivity contribution is 6.42. The number of hydrogen-bond donors (Lipinski definition) is 2. The Hall–Kier alpha value is -1.27. The van der Waals surface area contributed by atoms with Crippen LogP contribution in [0.2, 0.25) is 10.0 Å². The van der Waals surface area contributed by atoms with Gasteiger partial charge in [0.15, 0.2) is 0 Å². The van der Waals surface area contributed by atoms with E-state index in [1.165, 1.54) is 0 Å². The summed E-state index contributed by atoms with van der Waals surface area (Å²) in [5.74, 6) is 0.597. The van der Waals surface area contributed by atoms with Gasteiger partial charge in [-0.25, -0.2) is 4.68 Å². The maximum absolute atomic E-state index is 6.07. The standard InChI is InChI=1S/C16H20Cl2N4O/c1-10-8-16(23-7-5-15-14(19)4-6-20-15)21-22(10)11-2-3-12(17)13(18)9-11/h2-3,8-9,14-15,20H,4-7,19H2,1H3. The van der Waals surface area contributed by atoms with Crippen molar-refractivity contribution in [3.63, 3.8) is 0 Å². The van der Waals surface area contributed by atoms with Crippen LogP contribution < -0.4 is 15.8 Å². The van der Waals surface area contributed by atoms with Crippen LogP contribution in [-0.2, 0) is 0 Å². The molecule has 1 aromatic carbocycles. The van der Waals surface area contributed by atoms with Crippen molar-refractivity contribution in [1.29, 1.82) is 0 Å². The average Bonchev–Trinajstić information content (AvgIpc) is 3.09. The van der Waals surface area contributed by atoms with Crippen LogP contribution in [0.1, 0.15) is 18.5 Å². The monoisotopic (exact) mass is 354 g/mol. The molecule has 1 aliphatic heterocycles. The third-order valence-electron chi connectivity index (χ3n) is 4.09. The number of aromatic nitrogens is 2. The number of halogens is 2. The van der Waals surface area contributed by atoms with Gasteiger partial charge in [-0.3, -0.25) is 0 Å². The molecule has 0 amide bonds. The van der Waals surface area contributed by atoms with Gasteiger partial charge in [-0.2, -0.15) is 0 Å². The van der Waals surface area contributed by atoms with E-state index >= 15 is 0 Å². The van der Waals surface area contributed by atoms with Crippen LogP contribution in [-0.4, -0.2) is 35.0 Å². The number of rotatable bonds is 5. The Morgan fingerprint density at radius 3 is 2.87 bits per heavy atom. The van der Waals surface area contributed by atoms with E-state index in [9.17, 15) is 0 Å². The number of nitrogens with two attached hydrogens (primary N) is 1. The van der Waals surface area contributed by atoms with Crippen molar-refractivity contribution in [3.8, 4) is 11.6 Å². The van der Waals surface area contributed by atoms with E-state index in [0.29, 0.717) is 28.6 Å². The second-order valence-corrected chi connectivity index (χ2v) is 6.60. The van der Waals surface area contributed by atoms with Crippen molar-refractivity contribution in [2.24, 2.45) is 5.73 Å². The van der Waals surface area contributed by atoms with E-state index < -0.39 is 0 Å². The van der Waals surface area contributed by atoms with Gasteiger partial charge in [0.1, 0.15) is 0 Å². The highest BCUT2D eigenvalue weighted by Gasteiger charge is 2.22. The first-order valence-electron chi connectivity index (χ1n) is 7.68. The zero-order chi connectivity index (χ0) is 16.4. The van der Waals surface area contributed by atoms with E-state index in [2.05, 4.69) is 10.4 Å². The highest BCUT2D eigenvalue weighted by atomic mass is 35.5. The van der Waals surface area contributed by atoms with Crippen LogP contribution in [0.4, 0.5) is 0 Å². The zero-order valence-electron chi connectivity index (χ0n) is 12.9. The van der Waals surface area contributed by atoms with E-state index in [0.717, 1.165) is 30.8 Å². The lowest BCUT2D eigenvalue weighted by atomic mass is 10.1. The number of hydrogen-bond acceptors (Lipinski definition) is 4. The summed E-state index contributed by atoms with van der Waals surface area (Å²) >= 11 is 12.0. The van der Waals surface area contributed by atoms with Gasteiger partial charge in [-0.15, -0.1) is 5.10 Å². The van der Waals surface area contributed by atoms with Gasteiger partial charge in [-0.05, 0) is 44.5 Å². The molecule has 0 aliphatic carbocycles. The lowest BCUT2D eigenvalue weighted by molar-refractivity contribution is 0.276. The van der Waals surface area contributed by atoms with Crippen molar-refractivity contribution in [3.05, 3.63) is 40.0 Å². The van der Waals surface area contributed by atoms with Gasteiger partial charge in [0.05, 0.1) is 22.3 Å². The summed E-state index contributed by atoms with van der Waals surface area (Å²) in [5, 5.41) is 8.89. The number of nitrogens with zero attached hydrogens (tertiary/aromatic N) is 2. The summed E-state index contributed by atoms with van der Waals surface area (Å²) in [7, 11) is 0. The molecule has 3 rings (SSSR count). The Morgan fingerprint density at radius 2 is 2.17 bits per heavy atom. The number of ether oxygens (including phenoxy) is 1. The number of aryl methyl sites for hydroxylation is 1. The second kappa shape index (κ2) is 7.09. The van der Waals surface area contributed by atoms with Crippen molar-refractivity contribution in [2.75, 3.05) is 13.2 Å². The van der Waals surface area contributed by atoms with Crippen LogP contribution in [0.5, 0.6) is 5.88 Å². The maximum atomic E-state index is 6.07. The minimum absolute atomic E-state index is 0.217. The number of benzene rings is 1. The van der Waals surface area contributed by atoms with Crippen LogP contribution in [0.15, 0.2) is 24.3 Å². The van der Waals surface area contributed by atoms with Gasteiger partial charge < -0.3 is 15.8 Å². The molecule has 3 N–H and O–H groups in total. The Bertz CT molecular complexity index is 689. The van der Waals surface area contributed by atoms with E-state index in [1.807, 2.05) is 19.1 Å². The fourth-order valence-electron chi connectivity index (χ4n) is 2.79. The second-order valence-electron chi connectivity index (χ2n) is 5.78. The van der Waals surface area contributed by atoms with E-state index in [-0.39, 0.29) is 6.04 Å². The Kier molecular flexibility index (Phi) is 5.11. The molecule has 7 heteroatoms. The van der Waals surface area contributed by atoms with Crippen LogP contribution >= 0.6 is 23.2 Å². The molecule has 124 valence electrons. The van der Waals surface area contributed by atoms with Gasteiger partial charge in [0.25, 0.3) is 0 Å². The van der Waals surface area contributed by atoms with Gasteiger partial charge in [-0.1, -0.05) is 23.2 Å². The molecule has 2 aromatic rings. The first kappa shape index (κ1) is 16.6. The molecule has 23 heavy (non-hydrogen) atoms. The molecule has 0 saturated carbocycles. The molecule has 1 aliphatic rings. The van der Waals surface area contributed by atoms with Crippen molar-refractivity contribution in [2.45, 2.75) is 31.8 Å². The lowest BCUT2D eigenvalue weighted by Gasteiger charge is -2.14. The fourth-order valence-corrected chi connectivity index (χ4v) is 3.08. The Labute approximate surface area is 145 Å². The number of nitrogens with one attached hydrogen (secondary N) is 1. The summed E-state index contributed by atoms with van der Waals surface area (Å²) in [6.07, 6.45) is 1.90. The van der Waals surface area contributed by atoms with Gasteiger partial charge in [0, 0.05) is 23.8 Å². The molecule has 2 heterocycles. The molecular weight excluding hydrogens is 335 g/mol. The topological polar surface area (TPSA) is 65.1 Å². The minimum Gasteiger partial charge on any atom is -0.477 e. The van der Waals surface area contributed by atoms with Crippen molar-refractivity contribution < 1.29 is 4.74 Å². The molecule has 0 spiro atoms. The third kappa shape index (κ3) is 3.80. The average molecular weight is 355 g/mol. The van der Waals surface area contributed by atoms with Crippen LogP contribution in [0, 0.1) is 6.92 Å². The molecule has 0 radical (unpaired) electrons. The summed E-state index contributed by atoms with van der Waals surface area (Å²) in [6, 6.07) is 7.87. The fraction of sp³-hybridized carbons (Fsp3) is 0.438. The quantitative estimate of drug-likeness (QED) is 0.866. The lowest BCUT2D eigenvalue weighted by Crippen LogP contribution is -2.37. The van der Waals surface area contributed by atoms with Crippen LogP contribution in [0.25, 0.3) is 5.69 Å². The summed E-state index contributed by atoms with van der Waals surface area (Å²) < 4.78 is 7.56. The normalized spacial score (nSPS) is 20.9. The Morgan fingerprint density at radius 1 is 1.35 bits per heavy atom.